The monoisotopic (exact) mass is 392 g/mol. The van der Waals surface area contributed by atoms with E-state index in [2.05, 4.69) is 15.2 Å². The zero-order chi connectivity index (χ0) is 13.8. The lowest BCUT2D eigenvalue weighted by Gasteiger charge is -2.16. The average Bonchev–Trinajstić information content (AvgIpc) is 2.75. The molecule has 0 aliphatic carbocycles. The number of rotatable bonds is 4. The molecule has 0 spiro atoms. The molecular weight excluding hydrogens is 370 g/mol. The maximum absolute atomic E-state index is 13.9. The van der Waals surface area contributed by atoms with Crippen molar-refractivity contribution in [3.05, 3.63) is 35.1 Å². The summed E-state index contributed by atoms with van der Waals surface area (Å²) in [5.74, 6) is 0.743. The molecule has 0 bridgehead atoms. The van der Waals surface area contributed by atoms with E-state index in [-0.39, 0.29) is 29.8 Å². The van der Waals surface area contributed by atoms with Crippen LogP contribution in [0.5, 0.6) is 0 Å². The average molecular weight is 392 g/mol. The minimum atomic E-state index is -0.144. The highest BCUT2D eigenvalue weighted by molar-refractivity contribution is 14.0. The SMILES string of the molecule is CN(C)Cc1ccc(CNC2=NCCN2C)cc1F.I. The number of hydrogen-bond donors (Lipinski definition) is 1. The minimum absolute atomic E-state index is 0. The molecule has 0 atom stereocenters. The smallest absolute Gasteiger partial charge is 0.194 e. The predicted molar refractivity (Wildman–Crippen MR) is 91.0 cm³/mol. The van der Waals surface area contributed by atoms with Crippen LogP contribution in [0.3, 0.4) is 0 Å². The van der Waals surface area contributed by atoms with Crippen molar-refractivity contribution in [2.45, 2.75) is 13.1 Å². The number of hydrogen-bond acceptors (Lipinski definition) is 4. The number of nitrogens with one attached hydrogen (secondary N) is 1. The predicted octanol–water partition coefficient (Wildman–Crippen LogP) is 1.90. The summed E-state index contributed by atoms with van der Waals surface area (Å²) in [6, 6.07) is 5.41. The largest absolute Gasteiger partial charge is 0.352 e. The molecule has 112 valence electrons. The molecule has 6 heteroatoms. The van der Waals surface area contributed by atoms with Crippen LogP contribution >= 0.6 is 24.0 Å². The third kappa shape index (κ3) is 4.59. The molecule has 0 aromatic heterocycles. The number of halogens is 2. The number of guanidine groups is 1. The topological polar surface area (TPSA) is 30.9 Å². The summed E-state index contributed by atoms with van der Waals surface area (Å²) in [6.07, 6.45) is 0. The zero-order valence-electron chi connectivity index (χ0n) is 12.2. The summed E-state index contributed by atoms with van der Waals surface area (Å²) in [7, 11) is 5.87. The van der Waals surface area contributed by atoms with Crippen molar-refractivity contribution < 1.29 is 4.39 Å². The standard InChI is InChI=1S/C14H21FN4.HI/c1-18(2)10-12-5-4-11(8-13(12)15)9-17-14-16-6-7-19(14)3;/h4-5,8H,6-7,9-10H2,1-3H3,(H,16,17);1H. The van der Waals surface area contributed by atoms with Gasteiger partial charge in [0.1, 0.15) is 5.82 Å². The zero-order valence-corrected chi connectivity index (χ0v) is 14.5. The number of aliphatic imine (C=N–C) groups is 1. The van der Waals surface area contributed by atoms with Gasteiger partial charge in [-0.05, 0) is 25.7 Å². The Bertz CT molecular complexity index is 476. The van der Waals surface area contributed by atoms with E-state index in [1.54, 1.807) is 6.07 Å². The molecule has 0 radical (unpaired) electrons. The Labute approximate surface area is 137 Å². The molecule has 4 nitrogen and oxygen atoms in total. The maximum atomic E-state index is 13.9. The van der Waals surface area contributed by atoms with Gasteiger partial charge in [-0.3, -0.25) is 4.99 Å². The molecule has 0 fully saturated rings. The molecule has 1 N–H and O–H groups in total. The van der Waals surface area contributed by atoms with Gasteiger partial charge in [0, 0.05) is 32.2 Å². The molecule has 1 aliphatic rings. The van der Waals surface area contributed by atoms with Crippen LogP contribution in [0.25, 0.3) is 0 Å². The molecule has 1 aromatic carbocycles. The van der Waals surface area contributed by atoms with Crippen molar-refractivity contribution in [3.63, 3.8) is 0 Å². The molecule has 0 amide bonds. The third-order valence-corrected chi connectivity index (χ3v) is 3.11. The lowest BCUT2D eigenvalue weighted by molar-refractivity contribution is 0.392. The van der Waals surface area contributed by atoms with Gasteiger partial charge < -0.3 is 15.1 Å². The maximum Gasteiger partial charge on any atom is 0.194 e. The Morgan fingerprint density at radius 3 is 2.70 bits per heavy atom. The second-order valence-electron chi connectivity index (χ2n) is 5.14. The van der Waals surface area contributed by atoms with Gasteiger partial charge in [0.2, 0.25) is 0 Å². The molecule has 2 rings (SSSR count). The Hall–Kier alpha value is -0.890. The fourth-order valence-corrected chi connectivity index (χ4v) is 2.07. The van der Waals surface area contributed by atoms with Crippen molar-refractivity contribution in [2.24, 2.45) is 4.99 Å². The molecular formula is C14H22FIN4. The lowest BCUT2D eigenvalue weighted by atomic mass is 10.1. The molecule has 0 saturated heterocycles. The first-order chi connectivity index (χ1) is 9.06. The highest BCUT2D eigenvalue weighted by Crippen LogP contribution is 2.12. The summed E-state index contributed by atoms with van der Waals surface area (Å²) < 4.78 is 13.9. The van der Waals surface area contributed by atoms with Crippen molar-refractivity contribution >= 4 is 29.9 Å². The van der Waals surface area contributed by atoms with E-state index >= 15 is 0 Å². The quantitative estimate of drug-likeness (QED) is 0.795. The molecule has 0 unspecified atom stereocenters. The van der Waals surface area contributed by atoms with Crippen LogP contribution in [0.4, 0.5) is 4.39 Å². The van der Waals surface area contributed by atoms with Crippen LogP contribution in [-0.4, -0.2) is 50.0 Å². The number of likely N-dealkylation sites (N-methyl/N-ethyl adjacent to an activating group) is 1. The van der Waals surface area contributed by atoms with Gasteiger partial charge in [0.25, 0.3) is 0 Å². The molecule has 20 heavy (non-hydrogen) atoms. The minimum Gasteiger partial charge on any atom is -0.352 e. The van der Waals surface area contributed by atoms with E-state index in [9.17, 15) is 4.39 Å². The van der Waals surface area contributed by atoms with E-state index in [0.717, 1.165) is 30.2 Å². The van der Waals surface area contributed by atoms with Gasteiger partial charge in [0.15, 0.2) is 5.96 Å². The van der Waals surface area contributed by atoms with E-state index in [1.807, 2.05) is 38.2 Å². The van der Waals surface area contributed by atoms with Crippen LogP contribution in [0.2, 0.25) is 0 Å². The van der Waals surface area contributed by atoms with Crippen LogP contribution < -0.4 is 5.32 Å². The van der Waals surface area contributed by atoms with Crippen LogP contribution in [0.15, 0.2) is 23.2 Å². The molecule has 1 aromatic rings. The fourth-order valence-electron chi connectivity index (χ4n) is 2.07. The van der Waals surface area contributed by atoms with E-state index in [4.69, 9.17) is 0 Å². The van der Waals surface area contributed by atoms with Gasteiger partial charge in [-0.2, -0.15) is 0 Å². The molecule has 0 saturated carbocycles. The normalized spacial score (nSPS) is 14.2. The lowest BCUT2D eigenvalue weighted by Crippen LogP contribution is -2.35. The number of benzene rings is 1. The van der Waals surface area contributed by atoms with Crippen LogP contribution in [0, 0.1) is 5.82 Å². The Kier molecular flexibility index (Phi) is 6.67. The summed E-state index contributed by atoms with van der Waals surface area (Å²) in [6.45, 7) is 2.99. The van der Waals surface area contributed by atoms with Crippen LogP contribution in [0.1, 0.15) is 11.1 Å². The first-order valence-corrected chi connectivity index (χ1v) is 6.48. The van der Waals surface area contributed by atoms with E-state index in [1.165, 1.54) is 0 Å². The third-order valence-electron chi connectivity index (χ3n) is 3.11. The Morgan fingerprint density at radius 1 is 1.40 bits per heavy atom. The molecule has 1 aliphatic heterocycles. The van der Waals surface area contributed by atoms with Gasteiger partial charge in [-0.15, -0.1) is 24.0 Å². The van der Waals surface area contributed by atoms with Crippen molar-refractivity contribution in [2.75, 3.05) is 34.2 Å². The second-order valence-corrected chi connectivity index (χ2v) is 5.14. The van der Waals surface area contributed by atoms with E-state index in [0.29, 0.717) is 13.1 Å². The summed E-state index contributed by atoms with van der Waals surface area (Å²) >= 11 is 0. The first-order valence-electron chi connectivity index (χ1n) is 6.48. The van der Waals surface area contributed by atoms with Crippen LogP contribution in [-0.2, 0) is 13.1 Å². The van der Waals surface area contributed by atoms with Crippen molar-refractivity contribution in [1.82, 2.24) is 15.1 Å². The highest BCUT2D eigenvalue weighted by Gasteiger charge is 2.11. The Morgan fingerprint density at radius 2 is 2.15 bits per heavy atom. The number of nitrogens with zero attached hydrogens (tertiary/aromatic N) is 3. The Balaban J connectivity index is 0.00000200. The summed E-state index contributed by atoms with van der Waals surface area (Å²) in [5.41, 5.74) is 1.66. The fraction of sp³-hybridized carbons (Fsp3) is 0.500. The summed E-state index contributed by atoms with van der Waals surface area (Å²) in [5, 5.41) is 3.23. The summed E-state index contributed by atoms with van der Waals surface area (Å²) in [4.78, 5) is 8.37. The van der Waals surface area contributed by atoms with Gasteiger partial charge in [0.05, 0.1) is 6.54 Å². The van der Waals surface area contributed by atoms with E-state index < -0.39 is 0 Å². The first kappa shape index (κ1) is 17.2. The van der Waals surface area contributed by atoms with Gasteiger partial charge in [-0.25, -0.2) is 4.39 Å². The van der Waals surface area contributed by atoms with Gasteiger partial charge >= 0.3 is 0 Å². The highest BCUT2D eigenvalue weighted by atomic mass is 127. The second kappa shape index (κ2) is 7.78. The molecule has 1 heterocycles. The van der Waals surface area contributed by atoms with Crippen molar-refractivity contribution in [3.8, 4) is 0 Å². The van der Waals surface area contributed by atoms with Gasteiger partial charge in [-0.1, -0.05) is 12.1 Å². The van der Waals surface area contributed by atoms with Crippen molar-refractivity contribution in [1.29, 1.82) is 0 Å².